The van der Waals surface area contributed by atoms with Gasteiger partial charge in [-0.2, -0.15) is 0 Å². The normalized spacial score (nSPS) is 13.7. The number of aromatic hydroxyl groups is 1. The molecule has 7 nitrogen and oxygen atoms in total. The average molecular weight is 539 g/mol. The van der Waals surface area contributed by atoms with Crippen LogP contribution < -0.4 is 10.6 Å². The highest BCUT2D eigenvalue weighted by atomic mass is 35.5. The zero-order valence-corrected chi connectivity index (χ0v) is 22.6. The molecule has 0 aromatic heterocycles. The molecule has 3 atom stereocenters. The number of hydrogen-bond acceptors (Lipinski definition) is 5. The van der Waals surface area contributed by atoms with Crippen molar-refractivity contribution in [2.24, 2.45) is 0 Å². The number of nitrogens with one attached hydrogen (secondary N) is 2. The van der Waals surface area contributed by atoms with Gasteiger partial charge in [-0.05, 0) is 69.4 Å². The van der Waals surface area contributed by atoms with E-state index in [0.29, 0.717) is 12.8 Å². The first kappa shape index (κ1) is 29.0. The van der Waals surface area contributed by atoms with E-state index in [9.17, 15) is 19.8 Å². The Bertz CT molecular complexity index is 1200. The first-order chi connectivity index (χ1) is 18.0. The second kappa shape index (κ2) is 13.3. The van der Waals surface area contributed by atoms with E-state index in [1.807, 2.05) is 60.7 Å². The number of alkyl carbamates (subject to hydrolysis) is 1. The van der Waals surface area contributed by atoms with Crippen molar-refractivity contribution in [3.8, 4) is 5.75 Å². The van der Waals surface area contributed by atoms with Crippen LogP contribution in [0.5, 0.6) is 5.75 Å². The van der Waals surface area contributed by atoms with E-state index >= 15 is 0 Å². The van der Waals surface area contributed by atoms with Crippen LogP contribution in [0.15, 0.2) is 78.9 Å². The molecule has 2 amide bonds. The van der Waals surface area contributed by atoms with E-state index in [-0.39, 0.29) is 22.8 Å². The van der Waals surface area contributed by atoms with E-state index in [0.717, 1.165) is 11.1 Å². The van der Waals surface area contributed by atoms with E-state index in [1.165, 1.54) is 18.2 Å². The number of ether oxygens (including phenoxy) is 1. The highest BCUT2D eigenvalue weighted by Gasteiger charge is 2.28. The number of phenols is 1. The summed E-state index contributed by atoms with van der Waals surface area (Å²) in [6.45, 7) is 5.35. The van der Waals surface area contributed by atoms with Gasteiger partial charge in [-0.3, -0.25) is 4.79 Å². The zero-order chi connectivity index (χ0) is 27.7. The van der Waals surface area contributed by atoms with Crippen molar-refractivity contribution in [1.82, 2.24) is 10.6 Å². The van der Waals surface area contributed by atoms with Crippen molar-refractivity contribution in [3.05, 3.63) is 101 Å². The maximum absolute atomic E-state index is 13.1. The van der Waals surface area contributed by atoms with E-state index < -0.39 is 35.8 Å². The standard InChI is InChI=1S/C30H35ClN2O5/c1-30(2,3)38-29(37)32-22(16-20-10-6-4-7-11-20)18-27(35)26(17-21-12-8-5-9-13-21)33-28(36)24-19-23(34)14-15-25(24)31/h4-15,19,22,26-27,34-35H,16-18H2,1-3H3,(H,32,37)(H,33,36)/t22-,26-,27-/m0/s1. The predicted molar refractivity (Wildman–Crippen MR) is 148 cm³/mol. The minimum absolute atomic E-state index is 0.0933. The predicted octanol–water partition coefficient (Wildman–Crippen LogP) is 5.27. The van der Waals surface area contributed by atoms with Gasteiger partial charge in [0, 0.05) is 6.04 Å². The Morgan fingerprint density at radius 3 is 2.05 bits per heavy atom. The molecule has 8 heteroatoms. The van der Waals surface area contributed by atoms with Crippen LogP contribution in [0, 0.1) is 0 Å². The maximum atomic E-state index is 13.1. The molecule has 0 heterocycles. The third-order valence-corrected chi connectivity index (χ3v) is 6.18. The Balaban J connectivity index is 1.83. The van der Waals surface area contributed by atoms with Crippen LogP contribution in [0.4, 0.5) is 4.79 Å². The van der Waals surface area contributed by atoms with E-state index in [4.69, 9.17) is 16.3 Å². The Kier molecular flexibility index (Phi) is 10.2. The smallest absolute Gasteiger partial charge is 0.407 e. The number of halogens is 1. The highest BCUT2D eigenvalue weighted by Crippen LogP contribution is 2.22. The summed E-state index contributed by atoms with van der Waals surface area (Å²) < 4.78 is 5.45. The molecule has 0 aliphatic carbocycles. The first-order valence-corrected chi connectivity index (χ1v) is 12.9. The van der Waals surface area contributed by atoms with E-state index in [2.05, 4.69) is 10.6 Å². The largest absolute Gasteiger partial charge is 0.508 e. The van der Waals surface area contributed by atoms with Crippen molar-refractivity contribution in [1.29, 1.82) is 0 Å². The zero-order valence-electron chi connectivity index (χ0n) is 21.9. The number of carbonyl (C=O) groups excluding carboxylic acids is 2. The van der Waals surface area contributed by atoms with Crippen molar-refractivity contribution < 1.29 is 24.5 Å². The lowest BCUT2D eigenvalue weighted by Crippen LogP contribution is -2.49. The fraction of sp³-hybridized carbons (Fsp3) is 0.333. The molecule has 0 saturated heterocycles. The monoisotopic (exact) mass is 538 g/mol. The molecular formula is C30H35ClN2O5. The van der Waals surface area contributed by atoms with Gasteiger partial charge in [-0.1, -0.05) is 72.3 Å². The van der Waals surface area contributed by atoms with Crippen LogP contribution in [-0.4, -0.2) is 46.0 Å². The lowest BCUT2D eigenvalue weighted by Gasteiger charge is -2.29. The molecule has 0 radical (unpaired) electrons. The minimum atomic E-state index is -1.03. The van der Waals surface area contributed by atoms with Crippen LogP contribution in [-0.2, 0) is 17.6 Å². The Hall–Kier alpha value is -3.55. The second-order valence-corrected chi connectivity index (χ2v) is 10.7. The lowest BCUT2D eigenvalue weighted by molar-refractivity contribution is 0.0463. The number of phenolic OH excluding ortho intramolecular Hbond substituents is 1. The topological polar surface area (TPSA) is 108 Å². The summed E-state index contributed by atoms with van der Waals surface area (Å²) >= 11 is 6.20. The fourth-order valence-corrected chi connectivity index (χ4v) is 4.31. The number of aliphatic hydroxyl groups excluding tert-OH is 1. The molecule has 0 aliphatic rings. The molecule has 3 aromatic carbocycles. The molecule has 0 fully saturated rings. The minimum Gasteiger partial charge on any atom is -0.508 e. The number of carbonyl (C=O) groups is 2. The third-order valence-electron chi connectivity index (χ3n) is 5.85. The van der Waals surface area contributed by atoms with Gasteiger partial charge in [0.15, 0.2) is 0 Å². The summed E-state index contributed by atoms with van der Waals surface area (Å²) in [7, 11) is 0. The van der Waals surface area contributed by atoms with Gasteiger partial charge >= 0.3 is 6.09 Å². The molecule has 0 aliphatic heterocycles. The Labute approximate surface area is 228 Å². The second-order valence-electron chi connectivity index (χ2n) is 10.3. The summed E-state index contributed by atoms with van der Waals surface area (Å²) in [5.74, 6) is -0.616. The number of amides is 2. The molecule has 38 heavy (non-hydrogen) atoms. The van der Waals surface area contributed by atoms with Gasteiger partial charge < -0.3 is 25.6 Å². The summed E-state index contributed by atoms with van der Waals surface area (Å²) in [5.41, 5.74) is 1.32. The van der Waals surface area contributed by atoms with Crippen molar-refractivity contribution in [3.63, 3.8) is 0 Å². The summed E-state index contributed by atoms with van der Waals surface area (Å²) in [4.78, 5) is 25.7. The molecule has 3 aromatic rings. The summed E-state index contributed by atoms with van der Waals surface area (Å²) in [5, 5.41) is 27.2. The number of benzene rings is 3. The molecule has 0 bridgehead atoms. The highest BCUT2D eigenvalue weighted by molar-refractivity contribution is 6.33. The molecule has 0 saturated carbocycles. The van der Waals surface area contributed by atoms with Crippen LogP contribution in [0.3, 0.4) is 0 Å². The average Bonchev–Trinajstić information content (AvgIpc) is 2.85. The lowest BCUT2D eigenvalue weighted by atomic mass is 9.93. The number of rotatable bonds is 10. The molecule has 0 spiro atoms. The van der Waals surface area contributed by atoms with Gasteiger partial charge in [0.1, 0.15) is 11.4 Å². The van der Waals surface area contributed by atoms with Crippen LogP contribution in [0.2, 0.25) is 5.02 Å². The fourth-order valence-electron chi connectivity index (χ4n) is 4.11. The summed E-state index contributed by atoms with van der Waals surface area (Å²) in [6, 6.07) is 22.0. The Morgan fingerprint density at radius 2 is 1.47 bits per heavy atom. The molecule has 0 unspecified atom stereocenters. The van der Waals surface area contributed by atoms with Gasteiger partial charge in [-0.25, -0.2) is 4.79 Å². The SMILES string of the molecule is CC(C)(C)OC(=O)N[C@@H](Cc1ccccc1)C[C@H](O)[C@H](Cc1ccccc1)NC(=O)c1cc(O)ccc1Cl. The Morgan fingerprint density at radius 1 is 0.895 bits per heavy atom. The van der Waals surface area contributed by atoms with Gasteiger partial charge in [0.05, 0.1) is 22.7 Å². The van der Waals surface area contributed by atoms with Crippen LogP contribution >= 0.6 is 11.6 Å². The van der Waals surface area contributed by atoms with Gasteiger partial charge in [0.25, 0.3) is 5.91 Å². The number of aliphatic hydroxyl groups is 1. The van der Waals surface area contributed by atoms with Crippen molar-refractivity contribution in [2.75, 3.05) is 0 Å². The van der Waals surface area contributed by atoms with Gasteiger partial charge in [0.2, 0.25) is 0 Å². The quantitative estimate of drug-likeness (QED) is 0.281. The number of hydrogen-bond donors (Lipinski definition) is 4. The summed E-state index contributed by atoms with van der Waals surface area (Å²) in [6.07, 6.45) is -0.657. The molecular weight excluding hydrogens is 504 g/mol. The van der Waals surface area contributed by atoms with Crippen molar-refractivity contribution in [2.45, 2.75) is 63.8 Å². The van der Waals surface area contributed by atoms with Crippen LogP contribution in [0.1, 0.15) is 48.7 Å². The van der Waals surface area contributed by atoms with E-state index in [1.54, 1.807) is 20.8 Å². The first-order valence-electron chi connectivity index (χ1n) is 12.5. The van der Waals surface area contributed by atoms with Crippen molar-refractivity contribution >= 4 is 23.6 Å². The van der Waals surface area contributed by atoms with Crippen LogP contribution in [0.25, 0.3) is 0 Å². The molecule has 3 rings (SSSR count). The molecule has 202 valence electrons. The third kappa shape index (κ3) is 9.39. The van der Waals surface area contributed by atoms with Gasteiger partial charge in [-0.15, -0.1) is 0 Å². The molecule has 4 N–H and O–H groups in total. The maximum Gasteiger partial charge on any atom is 0.407 e.